The molecule has 1 N–H and O–H groups in total. The molecule has 0 spiro atoms. The standard InChI is InChI=1S/C25H26N4O/c30-24(27-20-6-8-26-9-7-20)22-16-29(21-4-2-1-3-5-21)28-23(22)25-13-17-10-18(14-25)12-19(11-17)15-25/h1-9,16-19H,10-15H2,(H,26,27,30). The zero-order chi connectivity index (χ0) is 20.1. The van der Waals surface area contributed by atoms with Gasteiger partial charge in [-0.25, -0.2) is 4.68 Å². The number of rotatable bonds is 4. The lowest BCUT2D eigenvalue weighted by molar-refractivity contribution is -0.00765. The number of carbonyl (C=O) groups is 1. The molecule has 5 nitrogen and oxygen atoms in total. The Kier molecular flexibility index (Phi) is 4.05. The molecule has 0 unspecified atom stereocenters. The molecule has 0 radical (unpaired) electrons. The van der Waals surface area contributed by atoms with Crippen LogP contribution in [-0.4, -0.2) is 20.7 Å². The van der Waals surface area contributed by atoms with Crippen molar-refractivity contribution in [2.24, 2.45) is 17.8 Å². The van der Waals surface area contributed by atoms with Crippen LogP contribution in [0.2, 0.25) is 0 Å². The molecule has 4 fully saturated rings. The van der Waals surface area contributed by atoms with E-state index in [1.165, 1.54) is 38.5 Å². The summed E-state index contributed by atoms with van der Waals surface area (Å²) < 4.78 is 1.90. The van der Waals surface area contributed by atoms with Gasteiger partial charge in [0.1, 0.15) is 0 Å². The van der Waals surface area contributed by atoms with Crippen molar-refractivity contribution in [2.75, 3.05) is 5.32 Å². The highest BCUT2D eigenvalue weighted by molar-refractivity contribution is 6.05. The number of carbonyl (C=O) groups excluding carboxylic acids is 1. The van der Waals surface area contributed by atoms with Gasteiger partial charge in [-0.05, 0) is 80.5 Å². The Morgan fingerprint density at radius 2 is 1.57 bits per heavy atom. The van der Waals surface area contributed by atoms with Gasteiger partial charge in [0.25, 0.3) is 5.91 Å². The highest BCUT2D eigenvalue weighted by atomic mass is 16.1. The molecule has 1 amide bonds. The minimum atomic E-state index is -0.0749. The van der Waals surface area contributed by atoms with Gasteiger partial charge in [-0.15, -0.1) is 0 Å². The Labute approximate surface area is 176 Å². The fourth-order valence-electron chi connectivity index (χ4n) is 6.68. The number of hydrogen-bond donors (Lipinski definition) is 1. The molecule has 4 aliphatic rings. The topological polar surface area (TPSA) is 59.8 Å². The predicted octanol–water partition coefficient (Wildman–Crippen LogP) is 4.99. The van der Waals surface area contributed by atoms with Crippen molar-refractivity contribution >= 4 is 11.6 Å². The largest absolute Gasteiger partial charge is 0.322 e. The van der Waals surface area contributed by atoms with E-state index < -0.39 is 0 Å². The van der Waals surface area contributed by atoms with E-state index in [-0.39, 0.29) is 11.3 Å². The summed E-state index contributed by atoms with van der Waals surface area (Å²) in [5, 5.41) is 8.14. The summed E-state index contributed by atoms with van der Waals surface area (Å²) in [7, 11) is 0. The number of nitrogens with one attached hydrogen (secondary N) is 1. The van der Waals surface area contributed by atoms with E-state index >= 15 is 0 Å². The third kappa shape index (κ3) is 2.95. The summed E-state index contributed by atoms with van der Waals surface area (Å²) in [5.74, 6) is 2.33. The number of pyridine rings is 1. The van der Waals surface area contributed by atoms with Crippen LogP contribution in [0.25, 0.3) is 5.69 Å². The number of para-hydroxylation sites is 1. The van der Waals surface area contributed by atoms with Crippen molar-refractivity contribution in [3.05, 3.63) is 72.3 Å². The van der Waals surface area contributed by atoms with Crippen LogP contribution >= 0.6 is 0 Å². The molecule has 2 heterocycles. The first-order valence-corrected chi connectivity index (χ1v) is 11.1. The van der Waals surface area contributed by atoms with Gasteiger partial charge < -0.3 is 5.32 Å². The molecule has 5 heteroatoms. The van der Waals surface area contributed by atoms with E-state index in [9.17, 15) is 4.79 Å². The van der Waals surface area contributed by atoms with Crippen molar-refractivity contribution in [1.82, 2.24) is 14.8 Å². The number of benzene rings is 1. The third-order valence-electron chi connectivity index (χ3n) is 7.46. The van der Waals surface area contributed by atoms with E-state index in [1.807, 2.05) is 53.3 Å². The summed E-state index contributed by atoms with van der Waals surface area (Å²) in [5.41, 5.74) is 3.54. The lowest BCUT2D eigenvalue weighted by Crippen LogP contribution is -2.49. The molecule has 4 bridgehead atoms. The maximum Gasteiger partial charge on any atom is 0.259 e. The number of nitrogens with zero attached hydrogens (tertiary/aromatic N) is 3. The lowest BCUT2D eigenvalue weighted by Gasteiger charge is -2.56. The normalized spacial score (nSPS) is 29.1. The monoisotopic (exact) mass is 398 g/mol. The smallest absolute Gasteiger partial charge is 0.259 e. The molecule has 152 valence electrons. The first kappa shape index (κ1) is 17.9. The zero-order valence-corrected chi connectivity index (χ0v) is 17.0. The minimum Gasteiger partial charge on any atom is -0.322 e. The summed E-state index contributed by atoms with van der Waals surface area (Å²) in [6.07, 6.45) is 13.0. The molecule has 0 atom stereocenters. The van der Waals surface area contributed by atoms with Crippen LogP contribution < -0.4 is 5.32 Å². The number of amides is 1. The van der Waals surface area contributed by atoms with Crippen LogP contribution in [0.15, 0.2) is 61.1 Å². The average Bonchev–Trinajstić information content (AvgIpc) is 3.21. The quantitative estimate of drug-likeness (QED) is 0.674. The second kappa shape index (κ2) is 6.79. The first-order valence-electron chi connectivity index (χ1n) is 11.1. The lowest BCUT2D eigenvalue weighted by atomic mass is 9.48. The SMILES string of the molecule is O=C(Nc1ccncc1)c1cn(-c2ccccc2)nc1C12CC3CC(CC(C3)C1)C2. The number of anilines is 1. The summed E-state index contributed by atoms with van der Waals surface area (Å²) >= 11 is 0. The Bertz CT molecular complexity index is 1040. The molecule has 0 aliphatic heterocycles. The van der Waals surface area contributed by atoms with Crippen molar-refractivity contribution < 1.29 is 4.79 Å². The van der Waals surface area contributed by atoms with Crippen LogP contribution in [0.4, 0.5) is 5.69 Å². The second-order valence-electron chi connectivity index (χ2n) is 9.56. The van der Waals surface area contributed by atoms with Crippen LogP contribution in [0.5, 0.6) is 0 Å². The van der Waals surface area contributed by atoms with Gasteiger partial charge in [0.2, 0.25) is 0 Å². The third-order valence-corrected chi connectivity index (χ3v) is 7.46. The number of hydrogen-bond acceptors (Lipinski definition) is 3. The maximum atomic E-state index is 13.4. The molecule has 30 heavy (non-hydrogen) atoms. The first-order chi connectivity index (χ1) is 14.7. The average molecular weight is 399 g/mol. The molecule has 3 aromatic rings. The Morgan fingerprint density at radius 3 is 2.20 bits per heavy atom. The molecule has 4 saturated carbocycles. The van der Waals surface area contributed by atoms with E-state index in [0.29, 0.717) is 0 Å². The van der Waals surface area contributed by atoms with Crippen LogP contribution in [0.1, 0.15) is 54.6 Å². The zero-order valence-electron chi connectivity index (χ0n) is 17.0. The van der Waals surface area contributed by atoms with Gasteiger partial charge >= 0.3 is 0 Å². The highest BCUT2D eigenvalue weighted by Crippen LogP contribution is 2.60. The van der Waals surface area contributed by atoms with E-state index in [1.54, 1.807) is 12.4 Å². The van der Waals surface area contributed by atoms with Gasteiger partial charge in [0, 0.05) is 29.7 Å². The van der Waals surface area contributed by atoms with E-state index in [0.717, 1.165) is 40.4 Å². The molecule has 2 aromatic heterocycles. The summed E-state index contributed by atoms with van der Waals surface area (Å²) in [6.45, 7) is 0. The molecular weight excluding hydrogens is 372 g/mol. The fraction of sp³-hybridized carbons (Fsp3) is 0.400. The van der Waals surface area contributed by atoms with Crippen molar-refractivity contribution in [1.29, 1.82) is 0 Å². The van der Waals surface area contributed by atoms with E-state index in [2.05, 4.69) is 10.3 Å². The van der Waals surface area contributed by atoms with Gasteiger partial charge in [-0.1, -0.05) is 18.2 Å². The van der Waals surface area contributed by atoms with Crippen molar-refractivity contribution in [3.8, 4) is 5.69 Å². The van der Waals surface area contributed by atoms with Crippen LogP contribution in [-0.2, 0) is 5.41 Å². The summed E-state index contributed by atoms with van der Waals surface area (Å²) in [4.78, 5) is 17.4. The van der Waals surface area contributed by atoms with Gasteiger partial charge in [-0.2, -0.15) is 5.10 Å². The van der Waals surface area contributed by atoms with Gasteiger partial charge in [0.05, 0.1) is 16.9 Å². The van der Waals surface area contributed by atoms with Gasteiger partial charge in [0.15, 0.2) is 0 Å². The van der Waals surface area contributed by atoms with Crippen molar-refractivity contribution in [3.63, 3.8) is 0 Å². The Balaban J connectivity index is 1.43. The highest BCUT2D eigenvalue weighted by Gasteiger charge is 2.53. The molecule has 1 aromatic carbocycles. The van der Waals surface area contributed by atoms with Gasteiger partial charge in [-0.3, -0.25) is 9.78 Å². The maximum absolute atomic E-state index is 13.4. The molecule has 7 rings (SSSR count). The minimum absolute atomic E-state index is 0.0553. The van der Waals surface area contributed by atoms with Crippen LogP contribution in [0.3, 0.4) is 0 Å². The molecular formula is C25H26N4O. The Hall–Kier alpha value is -2.95. The van der Waals surface area contributed by atoms with E-state index in [4.69, 9.17) is 5.10 Å². The Morgan fingerprint density at radius 1 is 0.933 bits per heavy atom. The number of aromatic nitrogens is 3. The van der Waals surface area contributed by atoms with Crippen molar-refractivity contribution in [2.45, 2.75) is 43.9 Å². The second-order valence-corrected chi connectivity index (χ2v) is 9.56. The predicted molar refractivity (Wildman–Crippen MR) is 116 cm³/mol. The fourth-order valence-corrected chi connectivity index (χ4v) is 6.68. The molecule has 0 saturated heterocycles. The summed E-state index contributed by atoms with van der Waals surface area (Å²) in [6, 6.07) is 13.8. The van der Waals surface area contributed by atoms with Crippen LogP contribution in [0, 0.1) is 17.8 Å². The molecule has 4 aliphatic carbocycles.